The monoisotopic (exact) mass is 371 g/mol. The topological polar surface area (TPSA) is 95.7 Å². The van der Waals surface area contributed by atoms with Crippen LogP contribution in [-0.2, 0) is 16.1 Å². The van der Waals surface area contributed by atoms with Crippen molar-refractivity contribution in [2.45, 2.75) is 6.61 Å². The van der Waals surface area contributed by atoms with Gasteiger partial charge >= 0.3 is 11.9 Å². The number of nitro benzene ring substituents is 1. The van der Waals surface area contributed by atoms with Crippen molar-refractivity contribution in [3.8, 4) is 0 Å². The highest BCUT2D eigenvalue weighted by Crippen LogP contribution is 2.29. The van der Waals surface area contributed by atoms with Crippen molar-refractivity contribution in [3.05, 3.63) is 74.6 Å². The molecule has 0 aliphatic heterocycles. The average molecular weight is 371 g/mol. The van der Waals surface area contributed by atoms with E-state index in [1.54, 1.807) is 36.4 Å². The molecule has 8 heteroatoms. The van der Waals surface area contributed by atoms with Crippen molar-refractivity contribution in [2.24, 2.45) is 0 Å². The van der Waals surface area contributed by atoms with Gasteiger partial charge in [0.25, 0.3) is 5.69 Å². The smallest absolute Gasteiger partial charge is 0.348 e. The van der Waals surface area contributed by atoms with Crippen molar-refractivity contribution in [2.75, 3.05) is 7.11 Å². The number of ether oxygens (including phenoxy) is 2. The van der Waals surface area contributed by atoms with Crippen LogP contribution in [0.5, 0.6) is 0 Å². The molecule has 0 fully saturated rings. The summed E-state index contributed by atoms with van der Waals surface area (Å²) < 4.78 is 10.7. The molecule has 0 saturated carbocycles. The van der Waals surface area contributed by atoms with Crippen LogP contribution >= 0.6 is 11.3 Å². The molecule has 0 aliphatic carbocycles. The minimum absolute atomic E-state index is 0.00192. The van der Waals surface area contributed by atoms with Crippen LogP contribution in [0.25, 0.3) is 10.1 Å². The Bertz CT molecular complexity index is 1010. The summed E-state index contributed by atoms with van der Waals surface area (Å²) in [5.41, 5.74) is 0.989. The first-order valence-electron chi connectivity index (χ1n) is 7.50. The average Bonchev–Trinajstić information content (AvgIpc) is 3.09. The minimum atomic E-state index is -0.530. The van der Waals surface area contributed by atoms with Gasteiger partial charge in [0.2, 0.25) is 0 Å². The van der Waals surface area contributed by atoms with Gasteiger partial charge in [0.05, 0.1) is 17.6 Å². The maximum atomic E-state index is 12.2. The Balaban J connectivity index is 1.73. The van der Waals surface area contributed by atoms with Crippen molar-refractivity contribution in [1.82, 2.24) is 0 Å². The van der Waals surface area contributed by atoms with Crippen LogP contribution in [0, 0.1) is 10.1 Å². The van der Waals surface area contributed by atoms with Crippen LogP contribution in [0.4, 0.5) is 5.69 Å². The third-order valence-electron chi connectivity index (χ3n) is 3.63. The number of non-ortho nitro benzene ring substituents is 1. The van der Waals surface area contributed by atoms with Crippen LogP contribution < -0.4 is 0 Å². The zero-order chi connectivity index (χ0) is 18.7. The van der Waals surface area contributed by atoms with Gasteiger partial charge in [0.1, 0.15) is 11.5 Å². The molecule has 7 nitrogen and oxygen atoms in total. The van der Waals surface area contributed by atoms with Gasteiger partial charge in [-0.05, 0) is 29.8 Å². The van der Waals surface area contributed by atoms with E-state index in [2.05, 4.69) is 4.74 Å². The van der Waals surface area contributed by atoms with E-state index in [1.807, 2.05) is 0 Å². The number of thiophene rings is 1. The summed E-state index contributed by atoms with van der Waals surface area (Å²) in [5, 5.41) is 11.4. The van der Waals surface area contributed by atoms with Crippen molar-refractivity contribution >= 4 is 39.0 Å². The van der Waals surface area contributed by atoms with Gasteiger partial charge in [0, 0.05) is 22.2 Å². The molecule has 0 spiro atoms. The summed E-state index contributed by atoms with van der Waals surface area (Å²) >= 11 is 1.20. The fraction of sp³-hybridized carbons (Fsp3) is 0.111. The van der Waals surface area contributed by atoms with E-state index >= 15 is 0 Å². The highest BCUT2D eigenvalue weighted by atomic mass is 32.1. The zero-order valence-electron chi connectivity index (χ0n) is 13.6. The van der Waals surface area contributed by atoms with Crippen molar-refractivity contribution < 1.29 is 24.0 Å². The fourth-order valence-corrected chi connectivity index (χ4v) is 3.31. The lowest BCUT2D eigenvalue weighted by molar-refractivity contribution is -0.384. The number of benzene rings is 2. The molecule has 0 atom stereocenters. The Kier molecular flexibility index (Phi) is 4.94. The van der Waals surface area contributed by atoms with Crippen molar-refractivity contribution in [3.63, 3.8) is 0 Å². The molecule has 2 aromatic carbocycles. The molecule has 132 valence electrons. The SMILES string of the molecule is COC(=O)c1cccc(COC(=O)c2cc3cc([N+](=O)[O-])ccc3s2)c1. The summed E-state index contributed by atoms with van der Waals surface area (Å²) in [6, 6.07) is 12.6. The Labute approximate surface area is 151 Å². The molecule has 1 aromatic heterocycles. The summed E-state index contributed by atoms with van der Waals surface area (Å²) in [6.45, 7) is -0.00192. The predicted molar refractivity (Wildman–Crippen MR) is 95.4 cm³/mol. The molecular formula is C18H13NO6S. The summed E-state index contributed by atoms with van der Waals surface area (Å²) in [7, 11) is 1.29. The number of hydrogen-bond donors (Lipinski definition) is 0. The van der Waals surface area contributed by atoms with Gasteiger partial charge in [0.15, 0.2) is 0 Å². The van der Waals surface area contributed by atoms with Gasteiger partial charge in [-0.15, -0.1) is 11.3 Å². The highest BCUT2D eigenvalue weighted by molar-refractivity contribution is 7.20. The van der Waals surface area contributed by atoms with Gasteiger partial charge in [-0.3, -0.25) is 10.1 Å². The van der Waals surface area contributed by atoms with E-state index in [4.69, 9.17) is 4.74 Å². The van der Waals surface area contributed by atoms with Crippen LogP contribution in [0.1, 0.15) is 25.6 Å². The molecule has 0 bridgehead atoms. The second-order valence-corrected chi connectivity index (χ2v) is 6.44. The quantitative estimate of drug-likeness (QED) is 0.383. The normalized spacial score (nSPS) is 10.5. The number of nitrogens with zero attached hydrogens (tertiary/aromatic N) is 1. The Hall–Kier alpha value is -3.26. The van der Waals surface area contributed by atoms with Crippen LogP contribution in [-0.4, -0.2) is 24.0 Å². The Morgan fingerprint density at radius 1 is 1.12 bits per heavy atom. The first kappa shape index (κ1) is 17.6. The molecule has 0 saturated heterocycles. The van der Waals surface area contributed by atoms with Crippen LogP contribution in [0.15, 0.2) is 48.5 Å². The van der Waals surface area contributed by atoms with Crippen LogP contribution in [0.3, 0.4) is 0 Å². The molecule has 26 heavy (non-hydrogen) atoms. The number of nitro groups is 1. The van der Waals surface area contributed by atoms with Gasteiger partial charge in [-0.25, -0.2) is 9.59 Å². The number of esters is 2. The minimum Gasteiger partial charge on any atom is -0.465 e. The molecule has 1 heterocycles. The second kappa shape index (κ2) is 7.32. The fourth-order valence-electron chi connectivity index (χ4n) is 2.37. The summed E-state index contributed by atoms with van der Waals surface area (Å²) in [6.07, 6.45) is 0. The van der Waals surface area contributed by atoms with E-state index < -0.39 is 16.9 Å². The molecule has 0 aliphatic rings. The number of hydrogen-bond acceptors (Lipinski definition) is 7. The lowest BCUT2D eigenvalue weighted by Gasteiger charge is -2.05. The lowest BCUT2D eigenvalue weighted by atomic mass is 10.1. The van der Waals surface area contributed by atoms with E-state index in [9.17, 15) is 19.7 Å². The van der Waals surface area contributed by atoms with E-state index in [-0.39, 0.29) is 12.3 Å². The molecule has 0 N–H and O–H groups in total. The molecular weight excluding hydrogens is 358 g/mol. The molecule has 3 rings (SSSR count). The van der Waals surface area contributed by atoms with Crippen LogP contribution in [0.2, 0.25) is 0 Å². The standard InChI is InChI=1S/C18H13NO6S/c1-24-17(20)12-4-2-3-11(7-12)10-25-18(21)16-9-13-8-14(19(22)23)5-6-15(13)26-16/h2-9H,10H2,1H3. The number of rotatable bonds is 5. The third kappa shape index (κ3) is 3.70. The maximum Gasteiger partial charge on any atom is 0.348 e. The van der Waals surface area contributed by atoms with E-state index in [1.165, 1.54) is 30.6 Å². The van der Waals surface area contributed by atoms with Gasteiger partial charge < -0.3 is 9.47 Å². The highest BCUT2D eigenvalue weighted by Gasteiger charge is 2.15. The molecule has 0 unspecified atom stereocenters. The second-order valence-electron chi connectivity index (χ2n) is 5.36. The Morgan fingerprint density at radius 3 is 2.65 bits per heavy atom. The van der Waals surface area contributed by atoms with E-state index in [0.717, 1.165) is 4.70 Å². The molecule has 0 amide bonds. The van der Waals surface area contributed by atoms with Crippen molar-refractivity contribution in [1.29, 1.82) is 0 Å². The first-order valence-corrected chi connectivity index (χ1v) is 8.32. The third-order valence-corrected chi connectivity index (χ3v) is 4.73. The number of carbonyl (C=O) groups is 2. The maximum absolute atomic E-state index is 12.2. The number of methoxy groups -OCH3 is 1. The largest absolute Gasteiger partial charge is 0.465 e. The molecule has 3 aromatic rings. The van der Waals surface area contributed by atoms with Gasteiger partial charge in [-0.2, -0.15) is 0 Å². The lowest BCUT2D eigenvalue weighted by Crippen LogP contribution is -2.05. The number of fused-ring (bicyclic) bond motifs is 1. The van der Waals surface area contributed by atoms with Gasteiger partial charge in [-0.1, -0.05) is 12.1 Å². The molecule has 0 radical (unpaired) electrons. The summed E-state index contributed by atoms with van der Waals surface area (Å²) in [4.78, 5) is 34.5. The number of carbonyl (C=O) groups excluding carboxylic acids is 2. The predicted octanol–water partition coefficient (Wildman–Crippen LogP) is 3.95. The van der Waals surface area contributed by atoms with E-state index in [0.29, 0.717) is 21.4 Å². The summed E-state index contributed by atoms with van der Waals surface area (Å²) in [5.74, 6) is -0.999. The first-order chi connectivity index (χ1) is 12.5. The zero-order valence-corrected chi connectivity index (χ0v) is 14.4. The Morgan fingerprint density at radius 2 is 1.92 bits per heavy atom.